The van der Waals surface area contributed by atoms with E-state index in [4.69, 9.17) is 9.47 Å². The number of phenolic OH excluding ortho intramolecular Hbond substituents is 3. The number of esters is 1. The number of carbonyl (C=O) groups is 5. The Balaban J connectivity index is 0.000000327. The van der Waals surface area contributed by atoms with E-state index in [9.17, 15) is 39.3 Å². The Kier molecular flexibility index (Phi) is 19.4. The third-order valence-electron chi connectivity index (χ3n) is 8.75. The van der Waals surface area contributed by atoms with E-state index in [1.165, 1.54) is 31.2 Å². The van der Waals surface area contributed by atoms with Gasteiger partial charge < -0.3 is 46.1 Å². The van der Waals surface area contributed by atoms with Gasteiger partial charge in [-0.2, -0.15) is 0 Å². The van der Waals surface area contributed by atoms with Crippen molar-refractivity contribution in [3.63, 3.8) is 0 Å². The summed E-state index contributed by atoms with van der Waals surface area (Å²) in [6.45, 7) is 12.7. The molecule has 0 saturated heterocycles. The summed E-state index contributed by atoms with van der Waals surface area (Å²) in [6.07, 6.45) is 0.947. The minimum Gasteiger partial charge on any atom is -0.508 e. The molecule has 0 aliphatic rings. The number of nitrogens with one attached hydrogen (secondary N) is 4. The van der Waals surface area contributed by atoms with Gasteiger partial charge in [0.25, 0.3) is 0 Å². The standard InChI is InChI=1S/C25H30N2O6.C21H24N2O4/c1-17(2)24(30)32-14-15-33-25(31)27-22(16-20-8-10-21(28)11-9-20)23(29)26-13-12-19-6-4-18(3)5-7-19;1-14(2)20(26)23-19(13-16-5-9-18(25)10-6-16)21(27)22-12-11-15-3-7-17(24)8-4-15/h4-11,22,28H,1,12-16H2,2-3H3,(H,26,29)(H,27,31);3-10,19,24-25H,1,11-13H2,2H3,(H,22,27)(H,23,26)/t22-;19-/m00/s1. The second-order valence-electron chi connectivity index (χ2n) is 14.0. The molecule has 2 atom stereocenters. The summed E-state index contributed by atoms with van der Waals surface area (Å²) in [4.78, 5) is 60.9. The van der Waals surface area contributed by atoms with Gasteiger partial charge in [0.2, 0.25) is 17.7 Å². The number of aryl methyl sites for hydroxylation is 1. The van der Waals surface area contributed by atoms with Gasteiger partial charge in [0, 0.05) is 37.1 Å². The number of amides is 4. The van der Waals surface area contributed by atoms with Crippen LogP contribution in [-0.4, -0.2) is 83.5 Å². The molecule has 318 valence electrons. The minimum atomic E-state index is -0.891. The van der Waals surface area contributed by atoms with E-state index in [2.05, 4.69) is 34.4 Å². The van der Waals surface area contributed by atoms with Crippen molar-refractivity contribution >= 4 is 29.8 Å². The summed E-state index contributed by atoms with van der Waals surface area (Å²) in [7, 11) is 0. The number of ether oxygens (including phenoxy) is 2. The monoisotopic (exact) mass is 822 g/mol. The number of benzene rings is 4. The van der Waals surface area contributed by atoms with Crippen LogP contribution in [0.4, 0.5) is 4.79 Å². The highest BCUT2D eigenvalue weighted by atomic mass is 16.6. The zero-order chi connectivity index (χ0) is 44.0. The molecule has 0 aromatic heterocycles. The van der Waals surface area contributed by atoms with Gasteiger partial charge in [-0.25, -0.2) is 9.59 Å². The van der Waals surface area contributed by atoms with Gasteiger partial charge in [-0.1, -0.05) is 79.4 Å². The van der Waals surface area contributed by atoms with E-state index in [1.54, 1.807) is 55.5 Å². The molecule has 60 heavy (non-hydrogen) atoms. The lowest BCUT2D eigenvalue weighted by Crippen LogP contribution is -2.48. The Morgan fingerprint density at radius 3 is 1.35 bits per heavy atom. The molecule has 0 aliphatic carbocycles. The van der Waals surface area contributed by atoms with Crippen molar-refractivity contribution in [2.75, 3.05) is 26.3 Å². The Hall–Kier alpha value is -7.09. The molecule has 0 saturated carbocycles. The lowest BCUT2D eigenvalue weighted by Gasteiger charge is -2.19. The second-order valence-corrected chi connectivity index (χ2v) is 14.0. The first-order valence-corrected chi connectivity index (χ1v) is 19.3. The van der Waals surface area contributed by atoms with Gasteiger partial charge in [0.15, 0.2) is 0 Å². The molecule has 0 aliphatic heterocycles. The lowest BCUT2D eigenvalue weighted by molar-refractivity contribution is -0.140. The molecule has 4 rings (SSSR count). The van der Waals surface area contributed by atoms with Crippen LogP contribution in [0.3, 0.4) is 0 Å². The Morgan fingerprint density at radius 2 is 0.933 bits per heavy atom. The van der Waals surface area contributed by atoms with Crippen molar-refractivity contribution in [3.05, 3.63) is 149 Å². The van der Waals surface area contributed by atoms with E-state index >= 15 is 0 Å². The topological polar surface area (TPSA) is 213 Å². The predicted octanol–water partition coefficient (Wildman–Crippen LogP) is 4.88. The fourth-order valence-corrected chi connectivity index (χ4v) is 5.34. The molecule has 14 nitrogen and oxygen atoms in total. The Labute approximate surface area is 350 Å². The maximum atomic E-state index is 12.8. The van der Waals surface area contributed by atoms with Crippen LogP contribution in [0.15, 0.2) is 121 Å². The molecule has 0 fully saturated rings. The highest BCUT2D eigenvalue weighted by Crippen LogP contribution is 2.14. The predicted molar refractivity (Wildman–Crippen MR) is 227 cm³/mol. The number of hydrogen-bond donors (Lipinski definition) is 7. The van der Waals surface area contributed by atoms with Gasteiger partial charge in [-0.3, -0.25) is 14.4 Å². The molecule has 0 heterocycles. The molecule has 0 bridgehead atoms. The number of hydrogen-bond acceptors (Lipinski definition) is 10. The van der Waals surface area contributed by atoms with Gasteiger partial charge in [0.1, 0.15) is 42.5 Å². The zero-order valence-corrected chi connectivity index (χ0v) is 34.2. The fourth-order valence-electron chi connectivity index (χ4n) is 5.34. The van der Waals surface area contributed by atoms with Crippen molar-refractivity contribution in [1.29, 1.82) is 0 Å². The van der Waals surface area contributed by atoms with Crippen molar-refractivity contribution < 1.29 is 48.8 Å². The number of phenols is 3. The first-order chi connectivity index (χ1) is 28.6. The fraction of sp³-hybridized carbons (Fsp3) is 0.283. The van der Waals surface area contributed by atoms with Crippen LogP contribution in [0.5, 0.6) is 17.2 Å². The average molecular weight is 823 g/mol. The highest BCUT2D eigenvalue weighted by Gasteiger charge is 2.23. The number of aromatic hydroxyl groups is 3. The number of rotatable bonds is 19. The summed E-state index contributed by atoms with van der Waals surface area (Å²) < 4.78 is 9.89. The van der Waals surface area contributed by atoms with E-state index in [1.807, 2.05) is 31.2 Å². The zero-order valence-electron chi connectivity index (χ0n) is 34.2. The van der Waals surface area contributed by atoms with Crippen LogP contribution in [0.2, 0.25) is 0 Å². The molecule has 4 aromatic rings. The van der Waals surface area contributed by atoms with Crippen LogP contribution in [0, 0.1) is 6.92 Å². The largest absolute Gasteiger partial charge is 0.508 e. The minimum absolute atomic E-state index is 0.106. The maximum Gasteiger partial charge on any atom is 0.407 e. The molecule has 7 N–H and O–H groups in total. The van der Waals surface area contributed by atoms with E-state index in [0.717, 1.165) is 27.8 Å². The van der Waals surface area contributed by atoms with Gasteiger partial charge in [0.05, 0.1) is 0 Å². The van der Waals surface area contributed by atoms with E-state index in [-0.39, 0.29) is 60.2 Å². The normalized spacial score (nSPS) is 11.3. The van der Waals surface area contributed by atoms with Crippen molar-refractivity contribution in [2.24, 2.45) is 0 Å². The maximum absolute atomic E-state index is 12.8. The third-order valence-corrected chi connectivity index (χ3v) is 8.75. The molecule has 0 unspecified atom stereocenters. The summed E-state index contributed by atoms with van der Waals surface area (Å²) in [5, 5.41) is 39.1. The Bertz CT molecular complexity index is 2050. The van der Waals surface area contributed by atoms with Gasteiger partial charge in [-0.05, 0) is 92.3 Å². The summed E-state index contributed by atoms with van der Waals surface area (Å²) in [6, 6.07) is 26.0. The number of alkyl carbamates (subject to hydrolysis) is 1. The van der Waals surface area contributed by atoms with Crippen LogP contribution in [0.1, 0.15) is 41.7 Å². The molecule has 0 radical (unpaired) electrons. The van der Waals surface area contributed by atoms with Crippen LogP contribution in [0.25, 0.3) is 0 Å². The summed E-state index contributed by atoms with van der Waals surface area (Å²) >= 11 is 0. The Morgan fingerprint density at radius 1 is 0.550 bits per heavy atom. The van der Waals surface area contributed by atoms with E-state index < -0.39 is 24.1 Å². The van der Waals surface area contributed by atoms with E-state index in [0.29, 0.717) is 37.9 Å². The van der Waals surface area contributed by atoms with Crippen LogP contribution in [-0.2, 0) is 54.3 Å². The number of carbonyl (C=O) groups excluding carboxylic acids is 5. The van der Waals surface area contributed by atoms with Crippen molar-refractivity contribution in [2.45, 2.75) is 58.5 Å². The summed E-state index contributed by atoms with van der Waals surface area (Å²) in [5.41, 5.74) is 5.37. The summed E-state index contributed by atoms with van der Waals surface area (Å²) in [5.74, 6) is -1.17. The molecule has 0 spiro atoms. The first-order valence-electron chi connectivity index (χ1n) is 19.3. The smallest absolute Gasteiger partial charge is 0.407 e. The molecular formula is C46H54N4O10. The molecular weight excluding hydrogens is 769 g/mol. The average Bonchev–Trinajstić information content (AvgIpc) is 3.22. The van der Waals surface area contributed by atoms with Crippen LogP contribution >= 0.6 is 0 Å². The first kappa shape index (κ1) is 47.3. The van der Waals surface area contributed by atoms with Crippen molar-refractivity contribution in [1.82, 2.24) is 21.3 Å². The highest BCUT2D eigenvalue weighted by molar-refractivity contribution is 5.96. The molecule has 4 aromatic carbocycles. The second kappa shape index (κ2) is 24.6. The third kappa shape index (κ3) is 18.0. The van der Waals surface area contributed by atoms with Gasteiger partial charge in [-0.15, -0.1) is 0 Å². The molecule has 4 amide bonds. The SMILES string of the molecule is C=C(C)C(=O)N[C@@H](Cc1ccc(O)cc1)C(=O)NCCc1ccc(O)cc1.C=C(C)C(=O)OCCOC(=O)N[C@@H](Cc1ccc(O)cc1)C(=O)NCCc1ccc(C)cc1. The van der Waals surface area contributed by atoms with Crippen LogP contribution < -0.4 is 21.3 Å². The quantitative estimate of drug-likeness (QED) is 0.0387. The van der Waals surface area contributed by atoms with Crippen molar-refractivity contribution in [3.8, 4) is 17.2 Å². The lowest BCUT2D eigenvalue weighted by atomic mass is 10.0. The van der Waals surface area contributed by atoms with Gasteiger partial charge >= 0.3 is 12.1 Å². The molecule has 14 heteroatoms.